The summed E-state index contributed by atoms with van der Waals surface area (Å²) < 4.78 is 11.5. The third kappa shape index (κ3) is 5.77. The molecule has 186 valence electrons. The zero-order valence-corrected chi connectivity index (χ0v) is 20.6. The molecule has 1 aromatic carbocycles. The standard InChI is InChI=1S/C26H34N4O3.C2H2/c1-2-14-33-22-8-5-19(6-9-22)26(31)30-18-20-4-3-11-27-25(20)28-23-10-7-21(17-24(23)30)29-12-15-32-16-13-29;1-2/h3-4,7,10-11,17,19,22H,2,5-6,8-9,12-16,18H2,1H3,(H,27,28);1-2H. The molecule has 1 amide bonds. The van der Waals surface area contributed by atoms with Gasteiger partial charge in [0.05, 0.1) is 37.2 Å². The summed E-state index contributed by atoms with van der Waals surface area (Å²) in [6.07, 6.45) is 14.8. The molecule has 5 rings (SSSR count). The van der Waals surface area contributed by atoms with Crippen molar-refractivity contribution >= 4 is 28.8 Å². The lowest BCUT2D eigenvalue weighted by Crippen LogP contribution is -2.39. The van der Waals surface area contributed by atoms with E-state index in [-0.39, 0.29) is 11.8 Å². The highest BCUT2D eigenvalue weighted by molar-refractivity contribution is 6.00. The van der Waals surface area contributed by atoms with Gasteiger partial charge >= 0.3 is 0 Å². The maximum atomic E-state index is 13.9. The molecule has 3 heterocycles. The summed E-state index contributed by atoms with van der Waals surface area (Å²) in [5.74, 6) is 1.07. The number of hydrogen-bond acceptors (Lipinski definition) is 6. The fourth-order valence-electron chi connectivity index (χ4n) is 5.11. The summed E-state index contributed by atoms with van der Waals surface area (Å²) >= 11 is 0. The van der Waals surface area contributed by atoms with Crippen LogP contribution in [-0.2, 0) is 20.8 Å². The first kappa shape index (κ1) is 25.0. The number of terminal acetylenes is 1. The number of fused-ring (bicyclic) bond motifs is 2. The number of aromatic nitrogens is 1. The number of amides is 1. The zero-order valence-electron chi connectivity index (χ0n) is 20.6. The Balaban J connectivity index is 0.00000141. The summed E-state index contributed by atoms with van der Waals surface area (Å²) in [4.78, 5) is 22.7. The molecule has 7 nitrogen and oxygen atoms in total. The number of rotatable bonds is 5. The average molecular weight is 477 g/mol. The largest absolute Gasteiger partial charge is 0.378 e. The number of anilines is 4. The molecule has 2 fully saturated rings. The monoisotopic (exact) mass is 476 g/mol. The van der Waals surface area contributed by atoms with Crippen molar-refractivity contribution in [2.24, 2.45) is 5.92 Å². The van der Waals surface area contributed by atoms with Crippen LogP contribution in [0, 0.1) is 18.8 Å². The third-order valence-electron chi connectivity index (χ3n) is 6.97. The minimum atomic E-state index is 0.0320. The first-order chi connectivity index (χ1) is 17.2. The first-order valence-corrected chi connectivity index (χ1v) is 12.7. The summed E-state index contributed by atoms with van der Waals surface area (Å²) in [7, 11) is 0. The highest BCUT2D eigenvalue weighted by atomic mass is 16.5. The Bertz CT molecular complexity index is 1010. The van der Waals surface area contributed by atoms with Crippen molar-refractivity contribution < 1.29 is 14.3 Å². The number of ether oxygens (including phenoxy) is 2. The third-order valence-corrected chi connectivity index (χ3v) is 6.97. The van der Waals surface area contributed by atoms with Gasteiger partial charge in [-0.05, 0) is 56.4 Å². The number of pyridine rings is 1. The Labute approximate surface area is 208 Å². The van der Waals surface area contributed by atoms with E-state index in [2.05, 4.69) is 59.2 Å². The van der Waals surface area contributed by atoms with Gasteiger partial charge in [-0.2, -0.15) is 0 Å². The number of hydrogen-bond donors (Lipinski definition) is 1. The fourth-order valence-corrected chi connectivity index (χ4v) is 5.11. The van der Waals surface area contributed by atoms with Gasteiger partial charge in [-0.1, -0.05) is 13.0 Å². The molecule has 0 unspecified atom stereocenters. The molecule has 0 bridgehead atoms. The van der Waals surface area contributed by atoms with E-state index in [1.54, 1.807) is 6.20 Å². The number of carbonyl (C=O) groups excluding carboxylic acids is 1. The van der Waals surface area contributed by atoms with Gasteiger partial charge in [0.1, 0.15) is 5.82 Å². The minimum Gasteiger partial charge on any atom is -0.378 e. The topological polar surface area (TPSA) is 66.9 Å². The van der Waals surface area contributed by atoms with E-state index >= 15 is 0 Å². The number of benzene rings is 1. The predicted molar refractivity (Wildman–Crippen MR) is 140 cm³/mol. The molecule has 3 aliphatic rings. The molecule has 0 spiro atoms. The van der Waals surface area contributed by atoms with Crippen molar-refractivity contribution in [1.29, 1.82) is 0 Å². The Morgan fingerprint density at radius 1 is 1.17 bits per heavy atom. The van der Waals surface area contributed by atoms with E-state index in [1.807, 2.05) is 11.0 Å². The van der Waals surface area contributed by atoms with Crippen LogP contribution in [-0.4, -0.2) is 49.9 Å². The maximum Gasteiger partial charge on any atom is 0.230 e. The Morgan fingerprint density at radius 2 is 1.94 bits per heavy atom. The molecule has 2 aliphatic heterocycles. The van der Waals surface area contributed by atoms with E-state index in [9.17, 15) is 4.79 Å². The predicted octanol–water partition coefficient (Wildman–Crippen LogP) is 4.74. The van der Waals surface area contributed by atoms with Crippen molar-refractivity contribution in [1.82, 2.24) is 4.98 Å². The van der Waals surface area contributed by atoms with Crippen LogP contribution in [0.2, 0.25) is 0 Å². The quantitative estimate of drug-likeness (QED) is 0.629. The van der Waals surface area contributed by atoms with Crippen molar-refractivity contribution in [3.05, 3.63) is 42.1 Å². The maximum absolute atomic E-state index is 13.9. The van der Waals surface area contributed by atoms with Crippen LogP contribution in [0.1, 0.15) is 44.6 Å². The van der Waals surface area contributed by atoms with Gasteiger partial charge in [0.2, 0.25) is 5.91 Å². The average Bonchev–Trinajstić information content (AvgIpc) is 3.10. The Hall–Kier alpha value is -3.08. The minimum absolute atomic E-state index is 0.0320. The van der Waals surface area contributed by atoms with Gasteiger partial charge in [0.15, 0.2) is 0 Å². The molecule has 1 saturated heterocycles. The first-order valence-electron chi connectivity index (χ1n) is 12.7. The molecule has 1 aromatic heterocycles. The highest BCUT2D eigenvalue weighted by Crippen LogP contribution is 2.40. The van der Waals surface area contributed by atoms with Gasteiger partial charge in [-0.15, -0.1) is 12.8 Å². The molecule has 1 aliphatic carbocycles. The van der Waals surface area contributed by atoms with Crippen LogP contribution >= 0.6 is 0 Å². The molecule has 1 saturated carbocycles. The molecule has 1 N–H and O–H groups in total. The van der Waals surface area contributed by atoms with Crippen molar-refractivity contribution in [3.63, 3.8) is 0 Å². The van der Waals surface area contributed by atoms with Gasteiger partial charge in [-0.3, -0.25) is 4.79 Å². The van der Waals surface area contributed by atoms with Gasteiger partial charge in [0.25, 0.3) is 0 Å². The second kappa shape index (κ2) is 12.1. The van der Waals surface area contributed by atoms with Crippen LogP contribution in [0.15, 0.2) is 36.5 Å². The van der Waals surface area contributed by atoms with Crippen LogP contribution < -0.4 is 15.1 Å². The lowest BCUT2D eigenvalue weighted by Gasteiger charge is -2.33. The van der Waals surface area contributed by atoms with Gasteiger partial charge < -0.3 is 24.6 Å². The van der Waals surface area contributed by atoms with Crippen LogP contribution in [0.25, 0.3) is 0 Å². The summed E-state index contributed by atoms with van der Waals surface area (Å²) in [5, 5.41) is 3.48. The normalized spacial score (nSPS) is 21.5. The van der Waals surface area contributed by atoms with Crippen molar-refractivity contribution in [3.8, 4) is 12.8 Å². The second-order valence-electron chi connectivity index (χ2n) is 9.21. The molecular weight excluding hydrogens is 440 g/mol. The van der Waals surface area contributed by atoms with Crippen LogP contribution in [0.3, 0.4) is 0 Å². The number of morpholine rings is 1. The number of nitrogens with one attached hydrogen (secondary N) is 1. The lowest BCUT2D eigenvalue weighted by molar-refractivity contribution is -0.124. The molecule has 7 heteroatoms. The van der Waals surface area contributed by atoms with E-state index in [1.165, 1.54) is 0 Å². The van der Waals surface area contributed by atoms with Crippen molar-refractivity contribution in [2.45, 2.75) is 51.7 Å². The summed E-state index contributed by atoms with van der Waals surface area (Å²) in [6.45, 7) is 6.67. The zero-order chi connectivity index (χ0) is 24.6. The smallest absolute Gasteiger partial charge is 0.230 e. The van der Waals surface area contributed by atoms with E-state index in [4.69, 9.17) is 9.47 Å². The summed E-state index contributed by atoms with van der Waals surface area (Å²) in [6, 6.07) is 10.4. The number of nitrogens with zero attached hydrogens (tertiary/aromatic N) is 3. The molecule has 0 atom stereocenters. The van der Waals surface area contributed by atoms with Gasteiger partial charge in [0, 0.05) is 43.1 Å². The van der Waals surface area contributed by atoms with E-state index < -0.39 is 0 Å². The number of carbonyl (C=O) groups is 1. The van der Waals surface area contributed by atoms with E-state index in [0.717, 1.165) is 93.5 Å². The molecule has 35 heavy (non-hydrogen) atoms. The van der Waals surface area contributed by atoms with Gasteiger partial charge in [-0.25, -0.2) is 4.98 Å². The molecular formula is C28H36N4O3. The SMILES string of the molecule is C#C.CCCOC1CCC(C(=O)N2Cc3cccnc3Nc3ccc(N4CCOCC4)cc32)CC1. The Morgan fingerprint density at radius 3 is 2.69 bits per heavy atom. The molecule has 0 radical (unpaired) electrons. The van der Waals surface area contributed by atoms with Crippen LogP contribution in [0.5, 0.6) is 0 Å². The fraction of sp³-hybridized carbons (Fsp3) is 0.500. The summed E-state index contributed by atoms with van der Waals surface area (Å²) in [5.41, 5.74) is 4.03. The highest BCUT2D eigenvalue weighted by Gasteiger charge is 2.33. The lowest BCUT2D eigenvalue weighted by atomic mass is 9.86. The van der Waals surface area contributed by atoms with Crippen molar-refractivity contribution in [2.75, 3.05) is 48.0 Å². The molecule has 2 aromatic rings. The van der Waals surface area contributed by atoms with E-state index in [0.29, 0.717) is 12.6 Å². The Kier molecular flexibility index (Phi) is 8.62. The van der Waals surface area contributed by atoms with Crippen LogP contribution in [0.4, 0.5) is 22.9 Å². The second-order valence-corrected chi connectivity index (χ2v) is 9.21.